The van der Waals surface area contributed by atoms with Crippen molar-refractivity contribution in [3.8, 4) is 0 Å². The van der Waals surface area contributed by atoms with Crippen LogP contribution in [0.15, 0.2) is 11.6 Å². The molecule has 3 saturated carbocycles. The fourth-order valence-electron chi connectivity index (χ4n) is 7.39. The zero-order valence-electron chi connectivity index (χ0n) is 15.2. The molecule has 1 heterocycles. The minimum atomic E-state index is -0.305. The molecule has 0 aromatic carbocycles. The number of aliphatic hydroxyl groups excluding tert-OH is 1. The van der Waals surface area contributed by atoms with E-state index in [2.05, 4.69) is 19.9 Å². The molecule has 0 aromatic rings. The van der Waals surface area contributed by atoms with E-state index in [0.29, 0.717) is 23.2 Å². The Morgan fingerprint density at radius 3 is 2.62 bits per heavy atom. The van der Waals surface area contributed by atoms with Gasteiger partial charge in [0.15, 0.2) is 5.79 Å². The van der Waals surface area contributed by atoms with Gasteiger partial charge in [0.25, 0.3) is 0 Å². The second-order valence-electron chi connectivity index (χ2n) is 9.60. The normalized spacial score (nSPS) is 52.5. The standard InChI is InChI=1S/C21H32O3/c1-19-8-5-15(22)13-14(19)3-4-16-17(19)6-9-20(2)18(16)7-10-21(20)23-11-12-24-21/h6,14-16,18,22H,3-5,7-13H2,1-2H3/t14-,15?,16-,18+,19+,20+/m1/s1. The fourth-order valence-corrected chi connectivity index (χ4v) is 7.39. The van der Waals surface area contributed by atoms with Crippen molar-refractivity contribution in [3.05, 3.63) is 11.6 Å². The van der Waals surface area contributed by atoms with Crippen molar-refractivity contribution < 1.29 is 14.6 Å². The maximum atomic E-state index is 10.1. The van der Waals surface area contributed by atoms with Gasteiger partial charge in [0.05, 0.1) is 19.3 Å². The highest BCUT2D eigenvalue weighted by Gasteiger charge is 2.65. The Kier molecular flexibility index (Phi) is 3.35. The minimum absolute atomic E-state index is 0.0656. The van der Waals surface area contributed by atoms with Gasteiger partial charge in [-0.3, -0.25) is 0 Å². The quantitative estimate of drug-likeness (QED) is 0.680. The van der Waals surface area contributed by atoms with Crippen LogP contribution in [0.3, 0.4) is 0 Å². The molecule has 0 aromatic heterocycles. The first kappa shape index (κ1) is 15.8. The Hall–Kier alpha value is -0.380. The maximum Gasteiger partial charge on any atom is 0.174 e. The highest BCUT2D eigenvalue weighted by atomic mass is 16.7. The molecule has 4 fully saturated rings. The van der Waals surface area contributed by atoms with Crippen molar-refractivity contribution in [1.29, 1.82) is 0 Å². The Labute approximate surface area is 145 Å². The molecule has 1 saturated heterocycles. The van der Waals surface area contributed by atoms with Crippen LogP contribution in [-0.2, 0) is 9.47 Å². The predicted molar refractivity (Wildman–Crippen MR) is 92.3 cm³/mol. The Bertz CT molecular complexity index is 563. The number of allylic oxidation sites excluding steroid dienone is 2. The molecule has 0 amide bonds. The number of hydrogen-bond acceptors (Lipinski definition) is 3. The first-order chi connectivity index (χ1) is 11.5. The van der Waals surface area contributed by atoms with Crippen molar-refractivity contribution in [1.82, 2.24) is 0 Å². The highest BCUT2D eigenvalue weighted by molar-refractivity contribution is 5.30. The van der Waals surface area contributed by atoms with Crippen LogP contribution in [0, 0.1) is 28.6 Å². The van der Waals surface area contributed by atoms with Crippen molar-refractivity contribution in [2.24, 2.45) is 28.6 Å². The smallest absolute Gasteiger partial charge is 0.174 e. The molecule has 3 nitrogen and oxygen atoms in total. The van der Waals surface area contributed by atoms with E-state index in [-0.39, 0.29) is 17.3 Å². The molecule has 1 aliphatic heterocycles. The van der Waals surface area contributed by atoms with Crippen LogP contribution in [0.25, 0.3) is 0 Å². The van der Waals surface area contributed by atoms with E-state index in [1.54, 1.807) is 5.57 Å². The summed E-state index contributed by atoms with van der Waals surface area (Å²) in [6, 6.07) is 0. The van der Waals surface area contributed by atoms with Crippen LogP contribution >= 0.6 is 0 Å². The van der Waals surface area contributed by atoms with Gasteiger partial charge in [-0.15, -0.1) is 0 Å². The summed E-state index contributed by atoms with van der Waals surface area (Å²) in [6.07, 6.45) is 11.7. The lowest BCUT2D eigenvalue weighted by atomic mass is 9.49. The summed E-state index contributed by atoms with van der Waals surface area (Å²) in [4.78, 5) is 0. The van der Waals surface area contributed by atoms with E-state index >= 15 is 0 Å². The predicted octanol–water partition coefficient (Wildman–Crippen LogP) is 4.05. The van der Waals surface area contributed by atoms with Crippen molar-refractivity contribution >= 4 is 0 Å². The Balaban J connectivity index is 1.51. The summed E-state index contributed by atoms with van der Waals surface area (Å²) in [5.41, 5.74) is 2.22. The van der Waals surface area contributed by atoms with Gasteiger partial charge < -0.3 is 14.6 Å². The molecule has 1 spiro atoms. The number of rotatable bonds is 0. The van der Waals surface area contributed by atoms with E-state index in [1.165, 1.54) is 25.7 Å². The molecule has 0 bridgehead atoms. The van der Waals surface area contributed by atoms with Gasteiger partial charge in [-0.2, -0.15) is 0 Å². The maximum absolute atomic E-state index is 10.1. The van der Waals surface area contributed by atoms with Gasteiger partial charge in [-0.1, -0.05) is 25.5 Å². The summed E-state index contributed by atoms with van der Waals surface area (Å²) in [6.45, 7) is 6.46. The van der Waals surface area contributed by atoms with Crippen LogP contribution in [0.5, 0.6) is 0 Å². The van der Waals surface area contributed by atoms with E-state index in [9.17, 15) is 5.11 Å². The summed E-state index contributed by atoms with van der Waals surface area (Å²) >= 11 is 0. The Morgan fingerprint density at radius 2 is 1.83 bits per heavy atom. The SMILES string of the molecule is C[C@]12CC=C3[C@@H](CC[C@@H]4CC(O)CC[C@]34C)[C@@H]1CCC21OCCO1. The molecule has 24 heavy (non-hydrogen) atoms. The molecular formula is C21H32O3. The third-order valence-corrected chi connectivity index (χ3v) is 8.80. The van der Waals surface area contributed by atoms with E-state index < -0.39 is 0 Å². The van der Waals surface area contributed by atoms with Gasteiger partial charge in [0, 0.05) is 11.8 Å². The highest BCUT2D eigenvalue weighted by Crippen LogP contribution is 2.67. The Morgan fingerprint density at radius 1 is 1.04 bits per heavy atom. The zero-order valence-corrected chi connectivity index (χ0v) is 15.2. The molecule has 4 aliphatic carbocycles. The van der Waals surface area contributed by atoms with Gasteiger partial charge in [0.2, 0.25) is 0 Å². The van der Waals surface area contributed by atoms with Crippen molar-refractivity contribution in [3.63, 3.8) is 0 Å². The van der Waals surface area contributed by atoms with Gasteiger partial charge in [0.1, 0.15) is 0 Å². The second-order valence-corrected chi connectivity index (χ2v) is 9.60. The second kappa shape index (κ2) is 5.08. The molecular weight excluding hydrogens is 300 g/mol. The van der Waals surface area contributed by atoms with Crippen molar-refractivity contribution in [2.75, 3.05) is 13.2 Å². The van der Waals surface area contributed by atoms with Gasteiger partial charge >= 0.3 is 0 Å². The fraction of sp³-hybridized carbons (Fsp3) is 0.905. The third kappa shape index (κ3) is 1.84. The van der Waals surface area contributed by atoms with Crippen LogP contribution in [-0.4, -0.2) is 30.2 Å². The third-order valence-electron chi connectivity index (χ3n) is 8.80. The van der Waals surface area contributed by atoms with E-state index in [4.69, 9.17) is 9.47 Å². The first-order valence-electron chi connectivity index (χ1n) is 10.2. The molecule has 5 aliphatic rings. The van der Waals surface area contributed by atoms with Crippen LogP contribution < -0.4 is 0 Å². The summed E-state index contributed by atoms with van der Waals surface area (Å²) in [7, 11) is 0. The minimum Gasteiger partial charge on any atom is -0.393 e. The molecule has 0 radical (unpaired) electrons. The largest absolute Gasteiger partial charge is 0.393 e. The lowest BCUT2D eigenvalue weighted by molar-refractivity contribution is -0.229. The summed E-state index contributed by atoms with van der Waals surface area (Å²) in [5, 5.41) is 10.1. The van der Waals surface area contributed by atoms with Crippen LogP contribution in [0.1, 0.15) is 65.2 Å². The topological polar surface area (TPSA) is 38.7 Å². The zero-order chi connectivity index (χ0) is 16.6. The van der Waals surface area contributed by atoms with Gasteiger partial charge in [-0.05, 0) is 68.1 Å². The average molecular weight is 332 g/mol. The van der Waals surface area contributed by atoms with Gasteiger partial charge in [-0.25, -0.2) is 0 Å². The number of ether oxygens (including phenoxy) is 2. The summed E-state index contributed by atoms with van der Waals surface area (Å²) < 4.78 is 12.4. The molecule has 1 N–H and O–H groups in total. The molecule has 3 heteroatoms. The number of hydrogen-bond donors (Lipinski definition) is 1. The lowest BCUT2D eigenvalue weighted by Gasteiger charge is -2.57. The summed E-state index contributed by atoms with van der Waals surface area (Å²) in [5.74, 6) is 1.80. The first-order valence-corrected chi connectivity index (χ1v) is 10.2. The number of aliphatic hydroxyl groups is 1. The average Bonchev–Trinajstić information content (AvgIpc) is 3.15. The molecule has 134 valence electrons. The van der Waals surface area contributed by atoms with Crippen molar-refractivity contribution in [2.45, 2.75) is 77.1 Å². The lowest BCUT2D eigenvalue weighted by Crippen LogP contribution is -2.52. The number of fused-ring (bicyclic) bond motifs is 6. The molecule has 6 atom stereocenters. The molecule has 1 unspecified atom stereocenters. The van der Waals surface area contributed by atoms with E-state index in [0.717, 1.165) is 38.9 Å². The van der Waals surface area contributed by atoms with E-state index in [1.807, 2.05) is 0 Å². The van der Waals surface area contributed by atoms with Crippen LogP contribution in [0.2, 0.25) is 0 Å². The molecule has 5 rings (SSSR count). The monoisotopic (exact) mass is 332 g/mol. The van der Waals surface area contributed by atoms with Crippen LogP contribution in [0.4, 0.5) is 0 Å².